The number of rotatable bonds is 51. The third-order valence-corrected chi connectivity index (χ3v) is 15.5. The molecule has 0 fully saturated rings. The van der Waals surface area contributed by atoms with E-state index in [2.05, 4.69) is 53.2 Å². The number of primary amides is 1. The fourth-order valence-corrected chi connectivity index (χ4v) is 10.6. The highest BCUT2D eigenvalue weighted by Crippen LogP contribution is 2.17. The van der Waals surface area contributed by atoms with Crippen molar-refractivity contribution >= 4 is 65.0 Å². The van der Waals surface area contributed by atoms with Crippen molar-refractivity contribution in [1.82, 2.24) is 53.2 Å². The molecule has 0 bridgehead atoms. The van der Waals surface area contributed by atoms with E-state index in [0.717, 1.165) is 0 Å². The lowest BCUT2D eigenvalue weighted by molar-refractivity contribution is -0.136. The fourth-order valence-electron chi connectivity index (χ4n) is 10.6. The lowest BCUT2D eigenvalue weighted by Gasteiger charge is -2.30. The lowest BCUT2D eigenvalue weighted by Crippen LogP contribution is -2.61. The maximum absolute atomic E-state index is 14.6. The van der Waals surface area contributed by atoms with Gasteiger partial charge < -0.3 is 87.6 Å². The number of nitrogens with two attached hydrogens (primary N) is 6. The molecule has 11 atom stereocenters. The van der Waals surface area contributed by atoms with Crippen molar-refractivity contribution in [2.45, 2.75) is 285 Å². The van der Waals surface area contributed by atoms with E-state index in [1.54, 1.807) is 0 Å². The van der Waals surface area contributed by atoms with E-state index in [0.29, 0.717) is 77.4 Å². The summed E-state index contributed by atoms with van der Waals surface area (Å²) in [4.78, 5) is 154. The second-order valence-electron chi connectivity index (χ2n) is 28.2. The van der Waals surface area contributed by atoms with Crippen LogP contribution in [0.1, 0.15) is 219 Å². The van der Waals surface area contributed by atoms with E-state index in [4.69, 9.17) is 34.4 Å². The molecule has 0 spiro atoms. The first-order chi connectivity index (χ1) is 43.6. The van der Waals surface area contributed by atoms with Gasteiger partial charge in [-0.2, -0.15) is 0 Å². The van der Waals surface area contributed by atoms with Crippen molar-refractivity contribution in [2.24, 2.45) is 75.8 Å². The van der Waals surface area contributed by atoms with Crippen LogP contribution in [0.25, 0.3) is 0 Å². The minimum atomic E-state index is -1.23. The number of unbranched alkanes of at least 4 members (excludes halogenated alkanes) is 4. The lowest BCUT2D eigenvalue weighted by atomic mass is 9.98. The minimum Gasteiger partial charge on any atom is -0.368 e. The average Bonchev–Trinajstić information content (AvgIpc) is 1.72. The molecular weight excluding hydrogens is 1190 g/mol. The van der Waals surface area contributed by atoms with E-state index in [1.165, 1.54) is 0 Å². The van der Waals surface area contributed by atoms with Crippen LogP contribution in [0.5, 0.6) is 0 Å². The highest BCUT2D eigenvalue weighted by atomic mass is 16.2. The van der Waals surface area contributed by atoms with E-state index in [-0.39, 0.29) is 112 Å². The predicted molar refractivity (Wildman–Crippen MR) is 364 cm³/mol. The summed E-state index contributed by atoms with van der Waals surface area (Å²) in [6.45, 7) is 27.5. The molecule has 0 aliphatic heterocycles. The van der Waals surface area contributed by atoms with Crippen LogP contribution in [0.2, 0.25) is 0 Å². The Balaban J connectivity index is 7.03. The van der Waals surface area contributed by atoms with Crippen molar-refractivity contribution in [1.29, 1.82) is 0 Å². The Morgan fingerprint density at radius 1 is 0.237 bits per heavy atom. The average molecular weight is 1320 g/mol. The summed E-state index contributed by atoms with van der Waals surface area (Å²) < 4.78 is 0. The molecule has 0 aromatic rings. The Kier molecular flexibility index (Phi) is 44.7. The van der Waals surface area contributed by atoms with Gasteiger partial charge in [-0.1, -0.05) is 103 Å². The third kappa shape index (κ3) is 38.2. The van der Waals surface area contributed by atoms with Crippen molar-refractivity contribution in [3.8, 4) is 0 Å². The number of carbonyl (C=O) groups excluding carboxylic acids is 11. The van der Waals surface area contributed by atoms with Crippen LogP contribution < -0.4 is 87.6 Å². The zero-order valence-electron chi connectivity index (χ0n) is 59.1. The quantitative estimate of drug-likeness (QED) is 0.0384. The second kappa shape index (κ2) is 47.8. The van der Waals surface area contributed by atoms with Crippen molar-refractivity contribution in [2.75, 3.05) is 26.2 Å². The minimum absolute atomic E-state index is 0.0280. The largest absolute Gasteiger partial charge is 0.368 e. The normalized spacial score (nSPS) is 15.2. The van der Waals surface area contributed by atoms with Crippen LogP contribution in [-0.4, -0.2) is 158 Å². The van der Waals surface area contributed by atoms with Crippen LogP contribution in [0, 0.1) is 41.4 Å². The standard InChI is InChI=1S/C66H128N16O11/c1-38(2)31-49(56(72)83)76-63(90)52(34-41(7)8)82-66(93)55(37-44(13)14)79-60(87)48(26-18-22-30-70)75-62(89)51(33-40(5)6)81-65(92)54(36-43(11)12)78-59(86)47(25-17-21-29-69)74-61(88)50(32-39(3)4)80-64(91)53(35-42(9)10)77-58(85)46(24-16-20-28-68)73-57(84)45(71)23-15-19-27-67/h38-55H,15-37,67-71H2,1-14H3,(H2,72,83)(H,73,84)(H,74,88)(H,75,89)(H,76,90)(H,77,85)(H,78,86)(H,79,87)(H,80,91)(H,81,92)(H,82,93)/t45-,46-,47-,48-,49-,50+,51+,52+,53+,54-,55-/m0/s1. The number of hydrogen-bond acceptors (Lipinski definition) is 16. The molecule has 0 saturated carbocycles. The van der Waals surface area contributed by atoms with Gasteiger partial charge >= 0.3 is 0 Å². The van der Waals surface area contributed by atoms with Crippen LogP contribution in [0.4, 0.5) is 0 Å². The number of nitrogens with one attached hydrogen (secondary N) is 10. The fraction of sp³-hybridized carbons (Fsp3) is 0.833. The SMILES string of the molecule is CC(C)C[C@H](NC(=O)[C@@H](CC(C)C)NC(=O)[C@H](CC(C)C)NC(=O)[C@H](CCCCN)NC(=O)[C@@H](CC(C)C)NC(=O)[C@H](CC(C)C)NC(=O)[C@H](CCCCN)NC(=O)[C@@H](CC(C)C)NC(=O)[C@@H](CC(C)C)NC(=O)[C@H](CCCCN)NC(=O)[C@@H](N)CCCCN)C(N)=O. The van der Waals surface area contributed by atoms with Gasteiger partial charge in [-0.15, -0.1) is 0 Å². The van der Waals surface area contributed by atoms with Crippen LogP contribution >= 0.6 is 0 Å². The molecule has 11 amide bonds. The Morgan fingerprint density at radius 2 is 0.398 bits per heavy atom. The van der Waals surface area contributed by atoms with E-state index < -0.39 is 131 Å². The Morgan fingerprint density at radius 3 is 0.591 bits per heavy atom. The van der Waals surface area contributed by atoms with E-state index >= 15 is 0 Å². The molecule has 0 aliphatic carbocycles. The predicted octanol–water partition coefficient (Wildman–Crippen LogP) is 1.49. The monoisotopic (exact) mass is 1320 g/mol. The highest BCUT2D eigenvalue weighted by Gasteiger charge is 2.37. The number of amides is 11. The van der Waals surface area contributed by atoms with Gasteiger partial charge in [0.15, 0.2) is 0 Å². The first kappa shape index (κ1) is 87.0. The second-order valence-corrected chi connectivity index (χ2v) is 28.2. The summed E-state index contributed by atoms with van der Waals surface area (Å²) in [6.07, 6.45) is 6.18. The zero-order valence-corrected chi connectivity index (χ0v) is 59.1. The Labute approximate surface area is 556 Å². The molecule has 0 aromatic heterocycles. The van der Waals surface area contributed by atoms with Gasteiger partial charge in [-0.05, 0) is 183 Å². The van der Waals surface area contributed by atoms with Gasteiger partial charge in [0, 0.05) is 0 Å². The van der Waals surface area contributed by atoms with E-state index in [9.17, 15) is 52.7 Å². The molecular formula is C66H128N16O11. The molecule has 0 radical (unpaired) electrons. The van der Waals surface area contributed by atoms with Crippen molar-refractivity contribution in [3.05, 3.63) is 0 Å². The van der Waals surface area contributed by atoms with Crippen molar-refractivity contribution in [3.63, 3.8) is 0 Å². The van der Waals surface area contributed by atoms with Crippen LogP contribution in [-0.2, 0) is 52.7 Å². The first-order valence-corrected chi connectivity index (χ1v) is 34.5. The van der Waals surface area contributed by atoms with E-state index in [1.807, 2.05) is 96.9 Å². The molecule has 0 aromatic carbocycles. The van der Waals surface area contributed by atoms with Gasteiger partial charge in [0.05, 0.1) is 6.04 Å². The Hall–Kier alpha value is -6.03. The highest BCUT2D eigenvalue weighted by molar-refractivity contribution is 5.99. The molecule has 93 heavy (non-hydrogen) atoms. The van der Waals surface area contributed by atoms with Crippen LogP contribution in [0.15, 0.2) is 0 Å². The topological polar surface area (TPSA) is 464 Å². The molecule has 27 nitrogen and oxygen atoms in total. The summed E-state index contributed by atoms with van der Waals surface area (Å²) in [5.41, 5.74) is 34.9. The summed E-state index contributed by atoms with van der Waals surface area (Å²) >= 11 is 0. The van der Waals surface area contributed by atoms with Gasteiger partial charge in [0.1, 0.15) is 60.4 Å². The van der Waals surface area contributed by atoms with Gasteiger partial charge in [-0.25, -0.2) is 0 Å². The molecule has 27 heteroatoms. The molecule has 0 heterocycles. The summed E-state index contributed by atoms with van der Waals surface area (Å²) in [5.74, 6) is -7.99. The maximum Gasteiger partial charge on any atom is 0.243 e. The molecule has 0 saturated heterocycles. The molecule has 0 unspecified atom stereocenters. The van der Waals surface area contributed by atoms with Crippen molar-refractivity contribution < 1.29 is 52.7 Å². The smallest absolute Gasteiger partial charge is 0.243 e. The number of carbonyl (C=O) groups is 11. The first-order valence-electron chi connectivity index (χ1n) is 34.5. The number of hydrogen-bond donors (Lipinski definition) is 16. The third-order valence-electron chi connectivity index (χ3n) is 15.5. The molecule has 538 valence electrons. The summed E-state index contributed by atoms with van der Waals surface area (Å²) in [5, 5.41) is 28.1. The van der Waals surface area contributed by atoms with Gasteiger partial charge in [0.2, 0.25) is 65.0 Å². The zero-order chi connectivity index (χ0) is 71.1. The van der Waals surface area contributed by atoms with Gasteiger partial charge in [-0.3, -0.25) is 52.7 Å². The molecule has 0 rings (SSSR count). The maximum atomic E-state index is 14.6. The molecule has 22 N–H and O–H groups in total. The van der Waals surface area contributed by atoms with Crippen LogP contribution in [0.3, 0.4) is 0 Å². The summed E-state index contributed by atoms with van der Waals surface area (Å²) in [7, 11) is 0. The Bertz CT molecular complexity index is 2270. The molecule has 0 aliphatic rings. The summed E-state index contributed by atoms with van der Waals surface area (Å²) in [6, 6.07) is -12.3. The van der Waals surface area contributed by atoms with Gasteiger partial charge in [0.25, 0.3) is 0 Å².